The van der Waals surface area contributed by atoms with Crippen LogP contribution in [0.2, 0.25) is 0 Å². The molecule has 1 N–H and O–H groups in total. The maximum absolute atomic E-state index is 12.0. The van der Waals surface area contributed by atoms with Crippen LogP contribution >= 0.6 is 0 Å². The van der Waals surface area contributed by atoms with Crippen molar-refractivity contribution in [2.45, 2.75) is 18.9 Å². The molecule has 2 heterocycles. The molecule has 1 aromatic carbocycles. The minimum absolute atomic E-state index is 0.0410. The number of hydrogen-bond donors (Lipinski definition) is 1. The van der Waals surface area contributed by atoms with Crippen molar-refractivity contribution in [2.75, 3.05) is 50.8 Å². The van der Waals surface area contributed by atoms with Crippen molar-refractivity contribution in [2.24, 2.45) is 0 Å². The highest BCUT2D eigenvalue weighted by Crippen LogP contribution is 2.20. The molecule has 1 atom stereocenters. The lowest BCUT2D eigenvalue weighted by atomic mass is 10.2. The summed E-state index contributed by atoms with van der Waals surface area (Å²) in [5.41, 5.74) is 1.08. The van der Waals surface area contributed by atoms with Gasteiger partial charge >= 0.3 is 0 Å². The molecule has 2 aliphatic heterocycles. The molecule has 1 amide bonds. The number of carbonyl (C=O) groups is 1. The van der Waals surface area contributed by atoms with Crippen molar-refractivity contribution < 1.29 is 14.5 Å². The van der Waals surface area contributed by atoms with Crippen LogP contribution in [0.3, 0.4) is 0 Å². The lowest BCUT2D eigenvalue weighted by Crippen LogP contribution is -2.50. The van der Waals surface area contributed by atoms with Crippen LogP contribution in [0.5, 0.6) is 0 Å². The fourth-order valence-corrected chi connectivity index (χ4v) is 3.24. The van der Waals surface area contributed by atoms with Crippen LogP contribution in [0.4, 0.5) is 11.4 Å². The Labute approximate surface area is 146 Å². The maximum atomic E-state index is 12.0. The first kappa shape index (κ1) is 17.6. The Hall–Kier alpha value is -2.19. The van der Waals surface area contributed by atoms with Gasteiger partial charge in [0.15, 0.2) is 0 Å². The molecule has 2 aliphatic rings. The third-order valence-corrected chi connectivity index (χ3v) is 4.72. The molecule has 0 saturated carbocycles. The number of carbonyl (C=O) groups excluding carboxylic acids is 1. The summed E-state index contributed by atoms with van der Waals surface area (Å²) in [6.45, 7) is 5.00. The highest BCUT2D eigenvalue weighted by Gasteiger charge is 2.21. The molecule has 2 fully saturated rings. The summed E-state index contributed by atoms with van der Waals surface area (Å²) in [6.07, 6.45) is 2.27. The molecule has 1 aromatic rings. The van der Waals surface area contributed by atoms with Gasteiger partial charge in [-0.1, -0.05) is 0 Å². The summed E-state index contributed by atoms with van der Waals surface area (Å²) in [5, 5.41) is 13.7. The molecule has 25 heavy (non-hydrogen) atoms. The summed E-state index contributed by atoms with van der Waals surface area (Å²) in [5.74, 6) is 0.0410. The Morgan fingerprint density at radius 3 is 2.56 bits per heavy atom. The SMILES string of the molecule is O=C(CN1CCN(c2ccc([N+](=O)[O-])cc2)CC1)NC[C@H]1CCCO1. The first-order chi connectivity index (χ1) is 12.1. The van der Waals surface area contributed by atoms with Crippen LogP contribution < -0.4 is 10.2 Å². The van der Waals surface area contributed by atoms with E-state index in [9.17, 15) is 14.9 Å². The van der Waals surface area contributed by atoms with Crippen LogP contribution in [-0.4, -0.2) is 67.7 Å². The van der Waals surface area contributed by atoms with E-state index >= 15 is 0 Å². The highest BCUT2D eigenvalue weighted by atomic mass is 16.6. The molecule has 0 aliphatic carbocycles. The number of amides is 1. The summed E-state index contributed by atoms with van der Waals surface area (Å²) in [7, 11) is 0. The smallest absolute Gasteiger partial charge is 0.269 e. The number of piperazine rings is 1. The maximum Gasteiger partial charge on any atom is 0.269 e. The second kappa shape index (κ2) is 8.26. The number of anilines is 1. The zero-order valence-electron chi connectivity index (χ0n) is 14.2. The van der Waals surface area contributed by atoms with Gasteiger partial charge in [-0.15, -0.1) is 0 Å². The first-order valence-electron chi connectivity index (χ1n) is 8.72. The van der Waals surface area contributed by atoms with E-state index in [-0.39, 0.29) is 17.7 Å². The summed E-state index contributed by atoms with van der Waals surface area (Å²) in [4.78, 5) is 26.7. The third kappa shape index (κ3) is 4.90. The minimum atomic E-state index is -0.392. The van der Waals surface area contributed by atoms with Crippen molar-refractivity contribution in [3.8, 4) is 0 Å². The van der Waals surface area contributed by atoms with E-state index < -0.39 is 4.92 Å². The fraction of sp³-hybridized carbons (Fsp3) is 0.588. The first-order valence-corrected chi connectivity index (χ1v) is 8.72. The molecule has 0 radical (unpaired) electrons. The number of non-ortho nitro benzene ring substituents is 1. The van der Waals surface area contributed by atoms with E-state index in [0.29, 0.717) is 13.1 Å². The van der Waals surface area contributed by atoms with Gasteiger partial charge in [-0.25, -0.2) is 0 Å². The molecule has 2 saturated heterocycles. The number of nitro benzene ring substituents is 1. The zero-order valence-corrected chi connectivity index (χ0v) is 14.2. The molecule has 0 unspecified atom stereocenters. The van der Waals surface area contributed by atoms with Crippen molar-refractivity contribution in [3.05, 3.63) is 34.4 Å². The average Bonchev–Trinajstić information content (AvgIpc) is 3.14. The van der Waals surface area contributed by atoms with E-state index in [1.165, 1.54) is 12.1 Å². The van der Waals surface area contributed by atoms with E-state index in [4.69, 9.17) is 4.74 Å². The monoisotopic (exact) mass is 348 g/mol. The average molecular weight is 348 g/mol. The van der Waals surface area contributed by atoms with Crippen molar-refractivity contribution in [3.63, 3.8) is 0 Å². The van der Waals surface area contributed by atoms with Crippen LogP contribution in [-0.2, 0) is 9.53 Å². The zero-order chi connectivity index (χ0) is 17.6. The summed E-state index contributed by atoms with van der Waals surface area (Å²) in [6, 6.07) is 6.62. The number of nitrogens with one attached hydrogen (secondary N) is 1. The Balaban J connectivity index is 1.40. The quantitative estimate of drug-likeness (QED) is 0.610. The van der Waals surface area contributed by atoms with Gasteiger partial charge in [0.1, 0.15) is 0 Å². The van der Waals surface area contributed by atoms with Crippen molar-refractivity contribution in [1.82, 2.24) is 10.2 Å². The Kier molecular flexibility index (Phi) is 5.83. The van der Waals surface area contributed by atoms with Gasteiger partial charge in [-0.3, -0.25) is 19.8 Å². The molecular formula is C17H24N4O4. The highest BCUT2D eigenvalue weighted by molar-refractivity contribution is 5.78. The Morgan fingerprint density at radius 1 is 1.24 bits per heavy atom. The van der Waals surface area contributed by atoms with E-state index in [2.05, 4.69) is 15.1 Å². The van der Waals surface area contributed by atoms with E-state index in [1.807, 2.05) is 0 Å². The number of nitrogens with zero attached hydrogens (tertiary/aromatic N) is 3. The van der Waals surface area contributed by atoms with Gasteiger partial charge in [0, 0.05) is 57.2 Å². The van der Waals surface area contributed by atoms with Crippen LogP contribution in [0.15, 0.2) is 24.3 Å². The van der Waals surface area contributed by atoms with Crippen molar-refractivity contribution in [1.29, 1.82) is 0 Å². The van der Waals surface area contributed by atoms with Crippen molar-refractivity contribution >= 4 is 17.3 Å². The fourth-order valence-electron chi connectivity index (χ4n) is 3.24. The number of hydrogen-bond acceptors (Lipinski definition) is 6. The minimum Gasteiger partial charge on any atom is -0.376 e. The summed E-state index contributed by atoms with van der Waals surface area (Å²) >= 11 is 0. The van der Waals surface area contributed by atoms with E-state index in [0.717, 1.165) is 51.3 Å². The second-order valence-corrected chi connectivity index (χ2v) is 6.48. The topological polar surface area (TPSA) is 88.0 Å². The van der Waals surface area contributed by atoms with Crippen LogP contribution in [0.25, 0.3) is 0 Å². The molecule has 0 spiro atoms. The Morgan fingerprint density at radius 2 is 1.96 bits per heavy atom. The number of benzene rings is 1. The molecule has 0 bridgehead atoms. The Bertz CT molecular complexity index is 593. The van der Waals surface area contributed by atoms with Crippen LogP contribution in [0.1, 0.15) is 12.8 Å². The van der Waals surface area contributed by atoms with Crippen LogP contribution in [0, 0.1) is 10.1 Å². The molecule has 3 rings (SSSR count). The standard InChI is InChI=1S/C17H24N4O4/c22-17(18-12-16-2-1-11-25-16)13-19-7-9-20(10-8-19)14-3-5-15(6-4-14)21(23)24/h3-6,16H,1-2,7-13H2,(H,18,22)/t16-/m1/s1. The largest absolute Gasteiger partial charge is 0.376 e. The van der Waals surface area contributed by atoms with Gasteiger partial charge in [0.25, 0.3) is 5.69 Å². The molecule has 0 aromatic heterocycles. The van der Waals surface area contributed by atoms with Gasteiger partial charge < -0.3 is 15.0 Å². The number of ether oxygens (including phenoxy) is 1. The predicted molar refractivity (Wildman–Crippen MR) is 93.7 cm³/mol. The lowest BCUT2D eigenvalue weighted by Gasteiger charge is -2.35. The van der Waals surface area contributed by atoms with Gasteiger partial charge in [-0.2, -0.15) is 0 Å². The molecule has 8 heteroatoms. The third-order valence-electron chi connectivity index (χ3n) is 4.72. The predicted octanol–water partition coefficient (Wildman–Crippen LogP) is 1.01. The van der Waals surface area contributed by atoms with Gasteiger partial charge in [0.2, 0.25) is 5.91 Å². The summed E-state index contributed by atoms with van der Waals surface area (Å²) < 4.78 is 5.50. The molecule has 136 valence electrons. The second-order valence-electron chi connectivity index (χ2n) is 6.48. The normalized spacial score (nSPS) is 21.3. The number of nitro groups is 1. The van der Waals surface area contributed by atoms with Gasteiger partial charge in [-0.05, 0) is 25.0 Å². The molecular weight excluding hydrogens is 324 g/mol. The number of rotatable bonds is 6. The van der Waals surface area contributed by atoms with E-state index in [1.54, 1.807) is 12.1 Å². The molecule has 8 nitrogen and oxygen atoms in total. The van der Waals surface area contributed by atoms with Gasteiger partial charge in [0.05, 0.1) is 17.6 Å². The lowest BCUT2D eigenvalue weighted by molar-refractivity contribution is -0.384.